The molecule has 0 radical (unpaired) electrons. The Kier molecular flexibility index (Phi) is 44.5. The molecule has 0 aliphatic carbocycles. The zero-order valence-corrected chi connectivity index (χ0v) is 24.4. The molecule has 8 nitrogen and oxygen atoms in total. The van der Waals surface area contributed by atoms with E-state index in [1.54, 1.807) is 0 Å². The molecule has 224 valence electrons. The maximum Gasteiger partial charge on any atom is 0.303 e. The minimum Gasteiger partial charge on any atom is -0.481 e. The van der Waals surface area contributed by atoms with Gasteiger partial charge in [0.2, 0.25) is 0 Å². The van der Waals surface area contributed by atoms with Gasteiger partial charge in [0.25, 0.3) is 0 Å². The highest BCUT2D eigenvalue weighted by Gasteiger charge is 1.96. The van der Waals surface area contributed by atoms with Gasteiger partial charge in [-0.3, -0.25) is 14.4 Å². The molecule has 0 aliphatic rings. The van der Waals surface area contributed by atoms with E-state index in [0.717, 1.165) is 38.5 Å². The molecule has 0 saturated heterocycles. The van der Waals surface area contributed by atoms with Crippen LogP contribution in [0.1, 0.15) is 156 Å². The summed E-state index contributed by atoms with van der Waals surface area (Å²) in [6, 6.07) is 0. The van der Waals surface area contributed by atoms with Gasteiger partial charge in [0.1, 0.15) is 0 Å². The topological polar surface area (TPSA) is 152 Å². The minimum atomic E-state index is -0.670. The van der Waals surface area contributed by atoms with Gasteiger partial charge in [-0.15, -0.1) is 0 Å². The zero-order valence-electron chi connectivity index (χ0n) is 24.4. The lowest BCUT2D eigenvalue weighted by molar-refractivity contribution is -0.138. The standard InChI is InChI=1S/C10H20O2.2C8H16O2.C3H8O2/c1-2-3-4-5-6-7-8-9-10(11)12;2*1-2-3-4-5-6-7-8(9)10;1-3(5)2-4/h2-9H2,1H3,(H,11,12);2*2-7H2,1H3,(H,9,10);3-5H,2H2,1H3. The number of hydrogen-bond donors (Lipinski definition) is 5. The molecule has 0 fully saturated rings. The fourth-order valence-corrected chi connectivity index (χ4v) is 2.99. The molecule has 0 rings (SSSR count). The molecule has 37 heavy (non-hydrogen) atoms. The predicted octanol–water partition coefficient (Wildman–Crippen LogP) is 7.43. The summed E-state index contributed by atoms with van der Waals surface area (Å²) in [7, 11) is 0. The molecule has 0 bridgehead atoms. The van der Waals surface area contributed by atoms with Gasteiger partial charge in [0.05, 0.1) is 12.7 Å². The fraction of sp³-hybridized carbons (Fsp3) is 0.897. The molecule has 1 atom stereocenters. The molecule has 0 amide bonds. The van der Waals surface area contributed by atoms with Gasteiger partial charge < -0.3 is 25.5 Å². The van der Waals surface area contributed by atoms with Crippen LogP contribution in [0, 0.1) is 0 Å². The van der Waals surface area contributed by atoms with Crippen LogP contribution in [0.2, 0.25) is 0 Å². The highest BCUT2D eigenvalue weighted by Crippen LogP contribution is 2.08. The van der Waals surface area contributed by atoms with Crippen molar-refractivity contribution in [3.63, 3.8) is 0 Å². The summed E-state index contributed by atoms with van der Waals surface area (Å²) in [5.41, 5.74) is 0. The Labute approximate surface area is 226 Å². The number of carbonyl (C=O) groups is 3. The van der Waals surface area contributed by atoms with E-state index >= 15 is 0 Å². The van der Waals surface area contributed by atoms with Crippen LogP contribution >= 0.6 is 0 Å². The van der Waals surface area contributed by atoms with Gasteiger partial charge in [-0.25, -0.2) is 0 Å². The van der Waals surface area contributed by atoms with Crippen LogP contribution in [0.3, 0.4) is 0 Å². The van der Waals surface area contributed by atoms with E-state index in [9.17, 15) is 14.4 Å². The van der Waals surface area contributed by atoms with Crippen LogP contribution in [-0.4, -0.2) is 56.2 Å². The molecule has 0 aromatic heterocycles. The number of unbranched alkanes of at least 4 members (excludes halogenated alkanes) is 14. The van der Waals surface area contributed by atoms with Crippen LogP contribution in [0.4, 0.5) is 0 Å². The van der Waals surface area contributed by atoms with E-state index in [1.165, 1.54) is 77.6 Å². The van der Waals surface area contributed by atoms with Crippen molar-refractivity contribution in [3.05, 3.63) is 0 Å². The first-order valence-electron chi connectivity index (χ1n) is 14.5. The van der Waals surface area contributed by atoms with Gasteiger partial charge >= 0.3 is 17.9 Å². The first-order valence-corrected chi connectivity index (χ1v) is 14.5. The van der Waals surface area contributed by atoms with E-state index in [4.69, 9.17) is 25.5 Å². The lowest BCUT2D eigenvalue weighted by Gasteiger charge is -1.98. The summed E-state index contributed by atoms with van der Waals surface area (Å²) in [4.78, 5) is 30.2. The summed E-state index contributed by atoms with van der Waals surface area (Å²) in [6.07, 6.45) is 19.9. The SMILES string of the molecule is CC(O)CO.CCCCCCCC(=O)O.CCCCCCCC(=O)O.CCCCCCCCCC(=O)O. The predicted molar refractivity (Wildman–Crippen MR) is 151 cm³/mol. The van der Waals surface area contributed by atoms with E-state index < -0.39 is 24.0 Å². The minimum absolute atomic E-state index is 0.139. The Morgan fingerprint density at radius 3 is 0.838 bits per heavy atom. The summed E-state index contributed by atoms with van der Waals surface area (Å²) in [6.45, 7) is 7.89. The molecule has 0 saturated carbocycles. The van der Waals surface area contributed by atoms with Crippen molar-refractivity contribution in [2.75, 3.05) is 6.61 Å². The number of aliphatic hydroxyl groups is 2. The largest absolute Gasteiger partial charge is 0.481 e. The van der Waals surface area contributed by atoms with Gasteiger partial charge in [-0.05, 0) is 26.2 Å². The van der Waals surface area contributed by atoms with Crippen molar-refractivity contribution in [1.82, 2.24) is 0 Å². The van der Waals surface area contributed by atoms with Crippen molar-refractivity contribution in [1.29, 1.82) is 0 Å². The van der Waals surface area contributed by atoms with Crippen molar-refractivity contribution in [2.45, 2.75) is 162 Å². The second-order valence-corrected chi connectivity index (χ2v) is 9.41. The number of hydrogen-bond acceptors (Lipinski definition) is 5. The third-order valence-corrected chi connectivity index (χ3v) is 5.25. The van der Waals surface area contributed by atoms with Crippen LogP contribution in [-0.2, 0) is 14.4 Å². The van der Waals surface area contributed by atoms with Gasteiger partial charge in [0, 0.05) is 19.3 Å². The second-order valence-electron chi connectivity index (χ2n) is 9.41. The van der Waals surface area contributed by atoms with E-state index in [-0.39, 0.29) is 6.61 Å². The third-order valence-electron chi connectivity index (χ3n) is 5.25. The Morgan fingerprint density at radius 1 is 0.486 bits per heavy atom. The van der Waals surface area contributed by atoms with Gasteiger partial charge in [0.15, 0.2) is 0 Å². The first-order chi connectivity index (χ1) is 17.6. The molecule has 1 unspecified atom stereocenters. The maximum absolute atomic E-state index is 10.1. The summed E-state index contributed by atoms with van der Waals surface area (Å²) in [5, 5.41) is 40.9. The number of aliphatic hydroxyl groups excluding tert-OH is 2. The highest BCUT2D eigenvalue weighted by atomic mass is 16.4. The summed E-state index contributed by atoms with van der Waals surface area (Å²) < 4.78 is 0. The van der Waals surface area contributed by atoms with Crippen molar-refractivity contribution in [3.8, 4) is 0 Å². The molecule has 5 N–H and O–H groups in total. The Hall–Kier alpha value is -1.67. The van der Waals surface area contributed by atoms with Crippen LogP contribution < -0.4 is 0 Å². The fourth-order valence-electron chi connectivity index (χ4n) is 2.99. The van der Waals surface area contributed by atoms with Crippen LogP contribution in [0.5, 0.6) is 0 Å². The molecule has 0 aliphatic heterocycles. The number of aliphatic carboxylic acids is 3. The average molecular weight is 537 g/mol. The number of carboxylic acids is 3. The van der Waals surface area contributed by atoms with Crippen LogP contribution in [0.25, 0.3) is 0 Å². The van der Waals surface area contributed by atoms with Gasteiger partial charge in [-0.1, -0.05) is 111 Å². The van der Waals surface area contributed by atoms with E-state index in [1.807, 2.05) is 0 Å². The molecular weight excluding hydrogens is 476 g/mol. The Bertz CT molecular complexity index is 443. The molecular formula is C29H60O8. The third kappa shape index (κ3) is 65.9. The molecule has 0 spiro atoms. The number of rotatable bonds is 21. The van der Waals surface area contributed by atoms with E-state index in [2.05, 4.69) is 20.8 Å². The molecule has 0 aromatic rings. The quantitative estimate of drug-likeness (QED) is 0.0949. The lowest BCUT2D eigenvalue weighted by Crippen LogP contribution is -2.03. The Morgan fingerprint density at radius 2 is 0.676 bits per heavy atom. The van der Waals surface area contributed by atoms with E-state index in [0.29, 0.717) is 19.3 Å². The monoisotopic (exact) mass is 536 g/mol. The number of carboxylic acid groups (broad SMARTS) is 3. The Balaban J connectivity index is -0.000000203. The lowest BCUT2D eigenvalue weighted by atomic mass is 10.1. The molecule has 8 heteroatoms. The second kappa shape index (κ2) is 38.9. The normalized spacial score (nSPS) is 10.5. The zero-order chi connectivity index (χ0) is 29.2. The van der Waals surface area contributed by atoms with Crippen molar-refractivity contribution < 1.29 is 39.9 Å². The smallest absolute Gasteiger partial charge is 0.303 e. The summed E-state index contributed by atoms with van der Waals surface area (Å²) in [5.74, 6) is -2.00. The average Bonchev–Trinajstić information content (AvgIpc) is 2.84. The molecule has 0 aromatic carbocycles. The van der Waals surface area contributed by atoms with Crippen molar-refractivity contribution >= 4 is 17.9 Å². The summed E-state index contributed by atoms with van der Waals surface area (Å²) >= 11 is 0. The first kappa shape index (κ1) is 42.4. The molecule has 0 heterocycles. The van der Waals surface area contributed by atoms with Crippen molar-refractivity contribution in [2.24, 2.45) is 0 Å². The van der Waals surface area contributed by atoms with Crippen LogP contribution in [0.15, 0.2) is 0 Å². The van der Waals surface area contributed by atoms with Gasteiger partial charge in [-0.2, -0.15) is 0 Å². The maximum atomic E-state index is 10.1. The highest BCUT2D eigenvalue weighted by molar-refractivity contribution is 5.67.